The first-order chi connectivity index (χ1) is 6.81. The summed E-state index contributed by atoms with van der Waals surface area (Å²) in [5.41, 5.74) is 7.18. The van der Waals surface area contributed by atoms with Crippen molar-refractivity contribution in [2.75, 3.05) is 0 Å². The second-order valence-electron chi connectivity index (χ2n) is 4.13. The van der Waals surface area contributed by atoms with Gasteiger partial charge < -0.3 is 5.73 Å². The number of hydrogen-bond donors (Lipinski definition) is 1. The van der Waals surface area contributed by atoms with Crippen LogP contribution in [0.5, 0.6) is 0 Å². The van der Waals surface area contributed by atoms with Gasteiger partial charge in [-0.1, -0.05) is 19.8 Å². The third kappa shape index (κ3) is 2.34. The molecule has 0 bridgehead atoms. The molecular formula is C11H18N2S. The van der Waals surface area contributed by atoms with Gasteiger partial charge in [0.05, 0.1) is 10.7 Å². The Balaban J connectivity index is 1.93. The molecule has 1 saturated carbocycles. The van der Waals surface area contributed by atoms with Gasteiger partial charge in [-0.3, -0.25) is 0 Å². The summed E-state index contributed by atoms with van der Waals surface area (Å²) < 4.78 is 0. The summed E-state index contributed by atoms with van der Waals surface area (Å²) in [6.45, 7) is 2.20. The Morgan fingerprint density at radius 2 is 2.43 bits per heavy atom. The second-order valence-corrected chi connectivity index (χ2v) is 5.02. The molecule has 1 aliphatic rings. The molecule has 0 saturated heterocycles. The van der Waals surface area contributed by atoms with E-state index in [0.29, 0.717) is 0 Å². The first kappa shape index (κ1) is 10.1. The van der Waals surface area contributed by atoms with Gasteiger partial charge in [0.2, 0.25) is 0 Å². The third-order valence-corrected chi connectivity index (χ3v) is 3.74. The summed E-state index contributed by atoms with van der Waals surface area (Å²) in [7, 11) is 0. The highest BCUT2D eigenvalue weighted by Gasteiger charge is 2.27. The maximum atomic E-state index is 6.06. The lowest BCUT2D eigenvalue weighted by Gasteiger charge is -2.06. The van der Waals surface area contributed by atoms with Crippen LogP contribution in [0.3, 0.4) is 0 Å². The number of hydrogen-bond acceptors (Lipinski definition) is 3. The Morgan fingerprint density at radius 1 is 1.64 bits per heavy atom. The molecule has 1 fully saturated rings. The lowest BCUT2D eigenvalue weighted by molar-refractivity contribution is 0.592. The summed E-state index contributed by atoms with van der Waals surface area (Å²) in [5, 5.41) is 3.46. The highest BCUT2D eigenvalue weighted by molar-refractivity contribution is 7.09. The van der Waals surface area contributed by atoms with Crippen LogP contribution < -0.4 is 5.73 Å². The first-order valence-corrected chi connectivity index (χ1v) is 6.40. The standard InChI is InChI=1S/C11H18N2S/c1-2-3-4-9(12)10-7-14-11(13-10)8-5-6-8/h7-9H,2-6,12H2,1H3. The van der Waals surface area contributed by atoms with Crippen molar-refractivity contribution in [3.63, 3.8) is 0 Å². The molecule has 2 rings (SSSR count). The number of nitrogens with two attached hydrogens (primary N) is 1. The van der Waals surface area contributed by atoms with Crippen LogP contribution in [0.25, 0.3) is 0 Å². The van der Waals surface area contributed by atoms with Crippen LogP contribution in [-0.2, 0) is 0 Å². The molecule has 1 unspecified atom stereocenters. The number of unbranched alkanes of at least 4 members (excludes halogenated alkanes) is 1. The van der Waals surface area contributed by atoms with Gasteiger partial charge in [0.1, 0.15) is 0 Å². The molecule has 0 aromatic carbocycles. The smallest absolute Gasteiger partial charge is 0.0959 e. The van der Waals surface area contributed by atoms with Crippen molar-refractivity contribution in [1.82, 2.24) is 4.98 Å². The molecule has 14 heavy (non-hydrogen) atoms. The Bertz CT molecular complexity index is 291. The van der Waals surface area contributed by atoms with E-state index in [4.69, 9.17) is 5.73 Å². The molecule has 2 N–H and O–H groups in total. The van der Waals surface area contributed by atoms with E-state index in [9.17, 15) is 0 Å². The first-order valence-electron chi connectivity index (χ1n) is 5.52. The third-order valence-electron chi connectivity index (χ3n) is 2.71. The predicted molar refractivity (Wildman–Crippen MR) is 60.5 cm³/mol. The number of rotatable bonds is 5. The van der Waals surface area contributed by atoms with Crippen LogP contribution in [-0.4, -0.2) is 4.98 Å². The van der Waals surface area contributed by atoms with Crippen LogP contribution in [0, 0.1) is 0 Å². The zero-order valence-corrected chi connectivity index (χ0v) is 9.52. The normalized spacial score (nSPS) is 18.4. The average Bonchev–Trinajstić information content (AvgIpc) is 2.93. The minimum absolute atomic E-state index is 0.165. The largest absolute Gasteiger partial charge is 0.323 e. The monoisotopic (exact) mass is 210 g/mol. The lowest BCUT2D eigenvalue weighted by Crippen LogP contribution is -2.10. The molecule has 3 heteroatoms. The summed E-state index contributed by atoms with van der Waals surface area (Å²) >= 11 is 1.79. The van der Waals surface area contributed by atoms with Gasteiger partial charge in [-0.25, -0.2) is 4.98 Å². The number of aromatic nitrogens is 1. The maximum absolute atomic E-state index is 6.06. The topological polar surface area (TPSA) is 38.9 Å². The summed E-state index contributed by atoms with van der Waals surface area (Å²) in [4.78, 5) is 4.62. The van der Waals surface area contributed by atoms with Crippen molar-refractivity contribution in [2.45, 2.75) is 51.0 Å². The molecule has 1 atom stereocenters. The molecule has 1 aromatic heterocycles. The van der Waals surface area contributed by atoms with E-state index in [1.54, 1.807) is 11.3 Å². The molecule has 0 amide bonds. The van der Waals surface area contributed by atoms with Crippen LogP contribution in [0.15, 0.2) is 5.38 Å². The fourth-order valence-electron chi connectivity index (χ4n) is 1.56. The van der Waals surface area contributed by atoms with Crippen molar-refractivity contribution >= 4 is 11.3 Å². The van der Waals surface area contributed by atoms with Gasteiger partial charge in [-0.05, 0) is 19.3 Å². The molecule has 78 valence electrons. The Hall–Kier alpha value is -0.410. The molecule has 1 heterocycles. The highest BCUT2D eigenvalue weighted by atomic mass is 32.1. The maximum Gasteiger partial charge on any atom is 0.0959 e. The quantitative estimate of drug-likeness (QED) is 0.810. The Labute approximate surface area is 89.5 Å². The van der Waals surface area contributed by atoms with Gasteiger partial charge in [-0.15, -0.1) is 11.3 Å². The summed E-state index contributed by atoms with van der Waals surface area (Å²) in [6, 6.07) is 0.165. The van der Waals surface area contributed by atoms with Crippen molar-refractivity contribution in [3.05, 3.63) is 16.1 Å². The molecule has 1 aliphatic carbocycles. The van der Waals surface area contributed by atoms with E-state index in [1.165, 1.54) is 30.7 Å². The van der Waals surface area contributed by atoms with Gasteiger partial charge >= 0.3 is 0 Å². The highest BCUT2D eigenvalue weighted by Crippen LogP contribution is 2.41. The van der Waals surface area contributed by atoms with Gasteiger partial charge in [-0.2, -0.15) is 0 Å². The average molecular weight is 210 g/mol. The van der Waals surface area contributed by atoms with Crippen molar-refractivity contribution in [1.29, 1.82) is 0 Å². The van der Waals surface area contributed by atoms with Crippen molar-refractivity contribution in [2.24, 2.45) is 5.73 Å². The molecule has 0 spiro atoms. The van der Waals surface area contributed by atoms with Crippen LogP contribution >= 0.6 is 11.3 Å². The van der Waals surface area contributed by atoms with Crippen molar-refractivity contribution < 1.29 is 0 Å². The number of thiazole rings is 1. The zero-order chi connectivity index (χ0) is 9.97. The van der Waals surface area contributed by atoms with Gasteiger partial charge in [0.25, 0.3) is 0 Å². The summed E-state index contributed by atoms with van der Waals surface area (Å²) in [6.07, 6.45) is 6.16. The van der Waals surface area contributed by atoms with E-state index < -0.39 is 0 Å². The van der Waals surface area contributed by atoms with Crippen LogP contribution in [0.4, 0.5) is 0 Å². The fourth-order valence-corrected chi connectivity index (χ4v) is 2.62. The van der Waals surface area contributed by atoms with Gasteiger partial charge in [0.15, 0.2) is 0 Å². The van der Waals surface area contributed by atoms with Crippen LogP contribution in [0.1, 0.15) is 61.7 Å². The molecule has 0 aliphatic heterocycles. The van der Waals surface area contributed by atoms with E-state index in [-0.39, 0.29) is 6.04 Å². The molecule has 2 nitrogen and oxygen atoms in total. The van der Waals surface area contributed by atoms with Gasteiger partial charge in [0, 0.05) is 17.3 Å². The minimum Gasteiger partial charge on any atom is -0.323 e. The molecular weight excluding hydrogens is 192 g/mol. The second kappa shape index (κ2) is 4.41. The summed E-state index contributed by atoms with van der Waals surface area (Å²) in [5.74, 6) is 0.770. The van der Waals surface area contributed by atoms with E-state index >= 15 is 0 Å². The number of nitrogens with zero attached hydrogens (tertiary/aromatic N) is 1. The Morgan fingerprint density at radius 3 is 3.07 bits per heavy atom. The van der Waals surface area contributed by atoms with Crippen molar-refractivity contribution in [3.8, 4) is 0 Å². The predicted octanol–water partition coefficient (Wildman–Crippen LogP) is 3.21. The fraction of sp³-hybridized carbons (Fsp3) is 0.727. The molecule has 1 aromatic rings. The minimum atomic E-state index is 0.165. The van der Waals surface area contributed by atoms with E-state index in [2.05, 4.69) is 17.3 Å². The lowest BCUT2D eigenvalue weighted by atomic mass is 10.1. The Kier molecular flexibility index (Phi) is 3.19. The SMILES string of the molecule is CCCCC(N)c1csc(C2CC2)n1. The van der Waals surface area contributed by atoms with E-state index in [0.717, 1.165) is 18.0 Å². The molecule has 0 radical (unpaired) electrons. The van der Waals surface area contributed by atoms with Crippen LogP contribution in [0.2, 0.25) is 0 Å². The van der Waals surface area contributed by atoms with E-state index in [1.807, 2.05) is 0 Å². The zero-order valence-electron chi connectivity index (χ0n) is 8.70.